The number of aryl methyl sites for hydroxylation is 1. The maximum absolute atomic E-state index is 12.7. The first kappa shape index (κ1) is 16.6. The van der Waals surface area contributed by atoms with Crippen LogP contribution in [-0.2, 0) is 24.2 Å². The summed E-state index contributed by atoms with van der Waals surface area (Å²) in [6.45, 7) is 6.15. The molecule has 0 aromatic carbocycles. The molecule has 2 aromatic heterocycles. The van der Waals surface area contributed by atoms with Crippen molar-refractivity contribution in [2.24, 2.45) is 5.92 Å². The molecule has 0 bridgehead atoms. The molecule has 0 saturated carbocycles. The first-order valence-corrected chi connectivity index (χ1v) is 8.65. The van der Waals surface area contributed by atoms with Gasteiger partial charge in [0.05, 0.1) is 5.39 Å². The molecule has 1 amide bonds. The number of aromatic nitrogens is 3. The van der Waals surface area contributed by atoms with Crippen LogP contribution in [0.1, 0.15) is 44.9 Å². The Morgan fingerprint density at radius 1 is 1.50 bits per heavy atom. The quantitative estimate of drug-likeness (QED) is 0.929. The number of fused-ring (bicyclic) bond motifs is 2. The minimum absolute atomic E-state index is 0.0143. The van der Waals surface area contributed by atoms with Gasteiger partial charge >= 0.3 is 0 Å². The topological polar surface area (TPSA) is 76.9 Å². The number of hydrogen-bond donors (Lipinski definition) is 1. The van der Waals surface area contributed by atoms with Crippen molar-refractivity contribution in [3.8, 4) is 0 Å². The summed E-state index contributed by atoms with van der Waals surface area (Å²) in [6, 6.07) is 2.02. The van der Waals surface area contributed by atoms with Crippen molar-refractivity contribution in [2.45, 2.75) is 59.0 Å². The van der Waals surface area contributed by atoms with Crippen molar-refractivity contribution in [1.82, 2.24) is 19.9 Å². The molecule has 24 heavy (non-hydrogen) atoms. The fourth-order valence-electron chi connectivity index (χ4n) is 3.11. The molecule has 0 radical (unpaired) electrons. The minimum Gasteiger partial charge on any atom is -0.352 e. The van der Waals surface area contributed by atoms with Crippen LogP contribution in [0.3, 0.4) is 0 Å². The van der Waals surface area contributed by atoms with E-state index in [9.17, 15) is 9.59 Å². The minimum atomic E-state index is -0.201. The lowest BCUT2D eigenvalue weighted by atomic mass is 9.87. The summed E-state index contributed by atoms with van der Waals surface area (Å²) >= 11 is 0. The van der Waals surface area contributed by atoms with Crippen molar-refractivity contribution in [3.05, 3.63) is 34.0 Å². The fourth-order valence-corrected chi connectivity index (χ4v) is 3.11. The first-order chi connectivity index (χ1) is 11.5. The van der Waals surface area contributed by atoms with E-state index in [1.54, 1.807) is 0 Å². The van der Waals surface area contributed by atoms with Gasteiger partial charge in [0, 0.05) is 11.7 Å². The summed E-state index contributed by atoms with van der Waals surface area (Å²) in [5, 5.41) is 3.37. The van der Waals surface area contributed by atoms with Gasteiger partial charge in [-0.3, -0.25) is 14.2 Å². The summed E-state index contributed by atoms with van der Waals surface area (Å²) in [7, 11) is 0. The molecule has 6 nitrogen and oxygen atoms in total. The standard InChI is InChI=1S/C18H24N4O2/c1-4-12(3)20-16(23)9-22-10-19-17-14(18(22)24)8-13-7-11(2)5-6-15(13)21-17/h8,10-12H,4-7,9H2,1-3H3,(H,20,23). The zero-order chi connectivity index (χ0) is 17.3. The molecular weight excluding hydrogens is 304 g/mol. The van der Waals surface area contributed by atoms with Crippen LogP contribution in [0.25, 0.3) is 11.0 Å². The Morgan fingerprint density at radius 2 is 2.29 bits per heavy atom. The lowest BCUT2D eigenvalue weighted by molar-refractivity contribution is -0.122. The van der Waals surface area contributed by atoms with Crippen LogP contribution < -0.4 is 10.9 Å². The summed E-state index contributed by atoms with van der Waals surface area (Å²) in [6.07, 6.45) is 5.28. The van der Waals surface area contributed by atoms with Gasteiger partial charge in [-0.15, -0.1) is 0 Å². The van der Waals surface area contributed by atoms with Crippen molar-refractivity contribution in [2.75, 3.05) is 0 Å². The SMILES string of the molecule is CCC(C)NC(=O)Cn1cnc2nc3c(cc2c1=O)CC(C)CC3. The average molecular weight is 328 g/mol. The third kappa shape index (κ3) is 3.32. The smallest absolute Gasteiger partial charge is 0.263 e. The number of amides is 1. The molecule has 0 saturated heterocycles. The number of carbonyl (C=O) groups excluding carboxylic acids is 1. The zero-order valence-electron chi connectivity index (χ0n) is 14.5. The van der Waals surface area contributed by atoms with Crippen molar-refractivity contribution < 1.29 is 4.79 Å². The Labute approximate surface area is 141 Å². The highest BCUT2D eigenvalue weighted by molar-refractivity contribution is 5.77. The molecule has 1 aliphatic rings. The van der Waals surface area contributed by atoms with Gasteiger partial charge in [0.1, 0.15) is 12.9 Å². The number of pyridine rings is 1. The summed E-state index contributed by atoms with van der Waals surface area (Å²) < 4.78 is 1.36. The molecule has 2 atom stereocenters. The van der Waals surface area contributed by atoms with Gasteiger partial charge in [0.2, 0.25) is 5.91 Å². The number of nitrogens with one attached hydrogen (secondary N) is 1. The Balaban J connectivity index is 1.93. The van der Waals surface area contributed by atoms with Crippen LogP contribution in [0.5, 0.6) is 0 Å². The van der Waals surface area contributed by atoms with Gasteiger partial charge in [0.25, 0.3) is 5.56 Å². The van der Waals surface area contributed by atoms with Crippen molar-refractivity contribution in [1.29, 1.82) is 0 Å². The maximum atomic E-state index is 12.7. The lowest BCUT2D eigenvalue weighted by Gasteiger charge is -2.20. The maximum Gasteiger partial charge on any atom is 0.263 e. The van der Waals surface area contributed by atoms with E-state index in [0.717, 1.165) is 36.9 Å². The molecule has 0 spiro atoms. The molecule has 0 aliphatic heterocycles. The number of rotatable bonds is 4. The normalized spacial score (nSPS) is 18.2. The molecular formula is C18H24N4O2. The monoisotopic (exact) mass is 328 g/mol. The van der Waals surface area contributed by atoms with E-state index in [-0.39, 0.29) is 24.1 Å². The fraction of sp³-hybridized carbons (Fsp3) is 0.556. The lowest BCUT2D eigenvalue weighted by Crippen LogP contribution is -2.37. The Bertz CT molecular complexity index is 828. The number of hydrogen-bond acceptors (Lipinski definition) is 4. The molecule has 128 valence electrons. The van der Waals surface area contributed by atoms with Gasteiger partial charge in [-0.25, -0.2) is 9.97 Å². The second kappa shape index (κ2) is 6.71. The van der Waals surface area contributed by atoms with Gasteiger partial charge < -0.3 is 5.32 Å². The molecule has 2 unspecified atom stereocenters. The van der Waals surface area contributed by atoms with Crippen molar-refractivity contribution >= 4 is 16.9 Å². The number of carbonyl (C=O) groups is 1. The van der Waals surface area contributed by atoms with Gasteiger partial charge in [-0.05, 0) is 50.2 Å². The van der Waals surface area contributed by atoms with Crippen LogP contribution in [0, 0.1) is 5.92 Å². The Kier molecular flexibility index (Phi) is 4.64. The molecule has 2 aromatic rings. The molecule has 2 heterocycles. The van der Waals surface area contributed by atoms with Crippen LogP contribution in [0.2, 0.25) is 0 Å². The highest BCUT2D eigenvalue weighted by atomic mass is 16.2. The van der Waals surface area contributed by atoms with Gasteiger partial charge in [0.15, 0.2) is 5.65 Å². The zero-order valence-corrected chi connectivity index (χ0v) is 14.5. The van der Waals surface area contributed by atoms with E-state index in [4.69, 9.17) is 0 Å². The first-order valence-electron chi connectivity index (χ1n) is 8.65. The highest BCUT2D eigenvalue weighted by Crippen LogP contribution is 2.25. The summed E-state index contributed by atoms with van der Waals surface area (Å²) in [4.78, 5) is 33.6. The van der Waals surface area contributed by atoms with Crippen LogP contribution in [0.4, 0.5) is 0 Å². The van der Waals surface area contributed by atoms with Gasteiger partial charge in [-0.1, -0.05) is 13.8 Å². The number of nitrogens with zero attached hydrogens (tertiary/aromatic N) is 3. The van der Waals surface area contributed by atoms with E-state index >= 15 is 0 Å². The van der Waals surface area contributed by atoms with E-state index in [1.807, 2.05) is 19.9 Å². The predicted molar refractivity (Wildman–Crippen MR) is 92.9 cm³/mol. The Hall–Kier alpha value is -2.24. The Morgan fingerprint density at radius 3 is 3.04 bits per heavy atom. The highest BCUT2D eigenvalue weighted by Gasteiger charge is 2.19. The van der Waals surface area contributed by atoms with Crippen molar-refractivity contribution in [3.63, 3.8) is 0 Å². The summed E-state index contributed by atoms with van der Waals surface area (Å²) in [5.74, 6) is 0.434. The predicted octanol–water partition coefficient (Wildman–Crippen LogP) is 1.83. The largest absolute Gasteiger partial charge is 0.352 e. The van der Waals surface area contributed by atoms with Gasteiger partial charge in [-0.2, -0.15) is 0 Å². The second-order valence-corrected chi connectivity index (χ2v) is 6.87. The van der Waals surface area contributed by atoms with Crippen LogP contribution in [-0.4, -0.2) is 26.5 Å². The molecule has 0 fully saturated rings. The third-order valence-electron chi connectivity index (χ3n) is 4.76. The second-order valence-electron chi connectivity index (χ2n) is 6.87. The molecule has 1 N–H and O–H groups in total. The third-order valence-corrected chi connectivity index (χ3v) is 4.76. The summed E-state index contributed by atoms with van der Waals surface area (Å²) in [5.41, 5.74) is 2.47. The van der Waals surface area contributed by atoms with E-state index in [0.29, 0.717) is 17.0 Å². The average Bonchev–Trinajstić information content (AvgIpc) is 2.56. The van der Waals surface area contributed by atoms with Crippen LogP contribution >= 0.6 is 0 Å². The van der Waals surface area contributed by atoms with E-state index < -0.39 is 0 Å². The molecule has 3 rings (SSSR count). The molecule has 6 heteroatoms. The van der Waals surface area contributed by atoms with E-state index in [1.165, 1.54) is 10.9 Å². The molecule has 1 aliphatic carbocycles. The van der Waals surface area contributed by atoms with E-state index in [2.05, 4.69) is 22.2 Å². The van der Waals surface area contributed by atoms with Crippen LogP contribution in [0.15, 0.2) is 17.2 Å².